The summed E-state index contributed by atoms with van der Waals surface area (Å²) in [7, 11) is 3.45. The van der Waals surface area contributed by atoms with Crippen LogP contribution in [0.25, 0.3) is 0 Å². The summed E-state index contributed by atoms with van der Waals surface area (Å²) in [6.07, 6.45) is 1.09. The number of hydrogen-bond acceptors (Lipinski definition) is 3. The Balaban J connectivity index is 1.85. The molecule has 0 amide bonds. The number of benzene rings is 2. The van der Waals surface area contributed by atoms with Gasteiger partial charge >= 0.3 is 0 Å². The Labute approximate surface area is 124 Å². The zero-order chi connectivity index (χ0) is 14.4. The summed E-state index contributed by atoms with van der Waals surface area (Å²) < 4.78 is 17.6. The van der Waals surface area contributed by atoms with Gasteiger partial charge in [0.05, 0.1) is 13.2 Å². The molecule has 0 saturated carbocycles. The Morgan fingerprint density at radius 1 is 1.00 bits per heavy atom. The normalized spacial score (nSPS) is 25.5. The van der Waals surface area contributed by atoms with Crippen LogP contribution in [0, 0.1) is 5.92 Å². The van der Waals surface area contributed by atoms with Gasteiger partial charge in [-0.2, -0.15) is 0 Å². The number of ether oxygens (including phenoxy) is 3. The smallest absolute Gasteiger partial charge is 0.167 e. The molecular formula is C18H18O3. The van der Waals surface area contributed by atoms with Crippen molar-refractivity contribution in [2.24, 2.45) is 5.92 Å². The van der Waals surface area contributed by atoms with Crippen LogP contribution in [0.4, 0.5) is 0 Å². The third-order valence-electron chi connectivity index (χ3n) is 4.63. The maximum absolute atomic E-state index is 6.33. The highest BCUT2D eigenvalue weighted by Gasteiger charge is 2.45. The van der Waals surface area contributed by atoms with Crippen LogP contribution in [0.1, 0.15) is 28.9 Å². The molecule has 0 saturated heterocycles. The highest BCUT2D eigenvalue weighted by molar-refractivity contribution is 5.51. The van der Waals surface area contributed by atoms with E-state index in [1.807, 2.05) is 12.1 Å². The summed E-state index contributed by atoms with van der Waals surface area (Å²) in [5.74, 6) is 1.93. The second-order valence-corrected chi connectivity index (χ2v) is 5.64. The zero-order valence-electron chi connectivity index (χ0n) is 12.2. The van der Waals surface area contributed by atoms with Crippen LogP contribution in [0.2, 0.25) is 0 Å². The van der Waals surface area contributed by atoms with Crippen molar-refractivity contribution in [3.63, 3.8) is 0 Å². The second-order valence-electron chi connectivity index (χ2n) is 5.64. The van der Waals surface area contributed by atoms with Gasteiger partial charge in [-0.05, 0) is 23.6 Å². The van der Waals surface area contributed by atoms with Crippen molar-refractivity contribution in [2.75, 3.05) is 14.2 Å². The van der Waals surface area contributed by atoms with Gasteiger partial charge in [0.15, 0.2) is 11.5 Å². The van der Waals surface area contributed by atoms with E-state index in [4.69, 9.17) is 14.2 Å². The van der Waals surface area contributed by atoms with Crippen molar-refractivity contribution in [3.05, 3.63) is 59.2 Å². The minimum Gasteiger partial charge on any atom is -0.493 e. The van der Waals surface area contributed by atoms with Crippen molar-refractivity contribution >= 4 is 0 Å². The van der Waals surface area contributed by atoms with E-state index in [-0.39, 0.29) is 12.2 Å². The number of para-hydroxylation sites is 1. The number of methoxy groups -OCH3 is 2. The van der Waals surface area contributed by atoms with Gasteiger partial charge < -0.3 is 14.2 Å². The molecule has 0 radical (unpaired) electrons. The fraction of sp³-hybridized carbons (Fsp3) is 0.333. The summed E-state index contributed by atoms with van der Waals surface area (Å²) in [5.41, 5.74) is 3.73. The first-order valence-electron chi connectivity index (χ1n) is 7.27. The van der Waals surface area contributed by atoms with Crippen LogP contribution >= 0.6 is 0 Å². The topological polar surface area (TPSA) is 27.7 Å². The van der Waals surface area contributed by atoms with Crippen molar-refractivity contribution in [2.45, 2.75) is 18.6 Å². The quantitative estimate of drug-likeness (QED) is 0.840. The summed E-state index contributed by atoms with van der Waals surface area (Å²) >= 11 is 0. The second kappa shape index (κ2) is 4.78. The minimum atomic E-state index is 0.0428. The maximum atomic E-state index is 6.33. The molecule has 4 rings (SSSR count). The van der Waals surface area contributed by atoms with Gasteiger partial charge in [0, 0.05) is 18.6 Å². The van der Waals surface area contributed by atoms with Crippen LogP contribution in [-0.2, 0) is 11.2 Å². The van der Waals surface area contributed by atoms with Crippen LogP contribution in [0.15, 0.2) is 42.5 Å². The largest absolute Gasteiger partial charge is 0.493 e. The van der Waals surface area contributed by atoms with Gasteiger partial charge in [0.2, 0.25) is 0 Å². The zero-order valence-corrected chi connectivity index (χ0v) is 12.2. The maximum Gasteiger partial charge on any atom is 0.167 e. The van der Waals surface area contributed by atoms with E-state index in [0.29, 0.717) is 5.92 Å². The average molecular weight is 282 g/mol. The van der Waals surface area contributed by atoms with Gasteiger partial charge in [-0.1, -0.05) is 36.4 Å². The molecule has 2 aromatic rings. The molecule has 108 valence electrons. The molecule has 2 aliphatic rings. The molecular weight excluding hydrogens is 264 g/mol. The van der Waals surface area contributed by atoms with Crippen LogP contribution in [0.5, 0.6) is 11.5 Å². The Hall–Kier alpha value is -2.00. The highest BCUT2D eigenvalue weighted by Crippen LogP contribution is 2.54. The molecule has 2 aromatic carbocycles. The van der Waals surface area contributed by atoms with Gasteiger partial charge in [-0.3, -0.25) is 0 Å². The van der Waals surface area contributed by atoms with Gasteiger partial charge in [0.1, 0.15) is 6.10 Å². The van der Waals surface area contributed by atoms with E-state index in [0.717, 1.165) is 23.5 Å². The molecule has 1 aliphatic heterocycles. The molecule has 0 spiro atoms. The van der Waals surface area contributed by atoms with Crippen molar-refractivity contribution in [1.82, 2.24) is 0 Å². The molecule has 2 unspecified atom stereocenters. The van der Waals surface area contributed by atoms with Gasteiger partial charge in [-0.25, -0.2) is 0 Å². The SMILES string of the molecule is COc1cccc2c1OC1c3ccccc3CC1[C@@H]2OC. The third kappa shape index (κ3) is 1.77. The highest BCUT2D eigenvalue weighted by atomic mass is 16.5. The number of fused-ring (bicyclic) bond motifs is 4. The lowest BCUT2D eigenvalue weighted by molar-refractivity contribution is -0.0212. The monoisotopic (exact) mass is 282 g/mol. The molecule has 0 N–H and O–H groups in total. The van der Waals surface area contributed by atoms with Crippen molar-refractivity contribution in [3.8, 4) is 11.5 Å². The van der Waals surface area contributed by atoms with Crippen molar-refractivity contribution in [1.29, 1.82) is 0 Å². The molecule has 1 aliphatic carbocycles. The molecule has 0 aromatic heterocycles. The van der Waals surface area contributed by atoms with Gasteiger partial charge in [0.25, 0.3) is 0 Å². The predicted octanol–water partition coefficient (Wildman–Crippen LogP) is 3.69. The standard InChI is InChI=1S/C18H18O3/c1-19-15-9-5-8-13-16(20-2)14-10-11-6-3-4-7-12(11)17(14)21-18(13)15/h3-9,14,16-17H,10H2,1-2H3/t14?,16-,17?/m1/s1. The number of hydrogen-bond donors (Lipinski definition) is 0. The Bertz CT molecular complexity index is 680. The molecule has 21 heavy (non-hydrogen) atoms. The summed E-state index contributed by atoms with van der Waals surface area (Å²) in [6, 6.07) is 14.5. The lowest BCUT2D eigenvalue weighted by Gasteiger charge is -2.36. The van der Waals surface area contributed by atoms with E-state index in [1.165, 1.54) is 11.1 Å². The number of rotatable bonds is 2. The van der Waals surface area contributed by atoms with E-state index in [9.17, 15) is 0 Å². The summed E-state index contributed by atoms with van der Waals surface area (Å²) in [6.45, 7) is 0. The lowest BCUT2D eigenvalue weighted by atomic mass is 9.88. The van der Waals surface area contributed by atoms with Crippen LogP contribution in [0.3, 0.4) is 0 Å². The Kier molecular flexibility index (Phi) is 2.89. The third-order valence-corrected chi connectivity index (χ3v) is 4.63. The Morgan fingerprint density at radius 3 is 2.62 bits per heavy atom. The van der Waals surface area contributed by atoms with Gasteiger partial charge in [-0.15, -0.1) is 0 Å². The fourth-order valence-corrected chi connectivity index (χ4v) is 3.71. The molecule has 3 heteroatoms. The molecule has 3 atom stereocenters. The first kappa shape index (κ1) is 12.7. The van der Waals surface area contributed by atoms with E-state index in [2.05, 4.69) is 30.3 Å². The molecule has 0 fully saturated rings. The van der Waals surface area contributed by atoms with Crippen molar-refractivity contribution < 1.29 is 14.2 Å². The first-order chi connectivity index (χ1) is 10.3. The predicted molar refractivity (Wildman–Crippen MR) is 79.7 cm³/mol. The summed E-state index contributed by atoms with van der Waals surface area (Å²) in [4.78, 5) is 0. The van der Waals surface area contributed by atoms with E-state index >= 15 is 0 Å². The minimum absolute atomic E-state index is 0.0428. The average Bonchev–Trinajstić information content (AvgIpc) is 2.90. The molecule has 1 heterocycles. The Morgan fingerprint density at radius 2 is 1.81 bits per heavy atom. The van der Waals surface area contributed by atoms with E-state index < -0.39 is 0 Å². The van der Waals surface area contributed by atoms with Crippen LogP contribution < -0.4 is 9.47 Å². The fourth-order valence-electron chi connectivity index (χ4n) is 3.71. The van der Waals surface area contributed by atoms with E-state index in [1.54, 1.807) is 14.2 Å². The lowest BCUT2D eigenvalue weighted by Crippen LogP contribution is -2.28. The molecule has 0 bridgehead atoms. The molecule has 3 nitrogen and oxygen atoms in total. The van der Waals surface area contributed by atoms with Crippen LogP contribution in [-0.4, -0.2) is 14.2 Å². The summed E-state index contributed by atoms with van der Waals surface area (Å²) in [5, 5.41) is 0. The first-order valence-corrected chi connectivity index (χ1v) is 7.27.